The summed E-state index contributed by atoms with van der Waals surface area (Å²) in [6.07, 6.45) is 2.06. The van der Waals surface area contributed by atoms with E-state index >= 15 is 0 Å². The van der Waals surface area contributed by atoms with E-state index in [0.29, 0.717) is 17.7 Å². The Balaban J connectivity index is 1.62. The number of aromatic nitrogens is 2. The van der Waals surface area contributed by atoms with E-state index in [1.54, 1.807) is 24.6 Å². The molecule has 0 radical (unpaired) electrons. The predicted octanol–water partition coefficient (Wildman–Crippen LogP) is 5.10. The van der Waals surface area contributed by atoms with E-state index < -0.39 is 0 Å². The van der Waals surface area contributed by atoms with Crippen LogP contribution in [0.1, 0.15) is 21.5 Å². The second-order valence-electron chi connectivity index (χ2n) is 6.35. The SMILES string of the molecule is COc1cc(C)ccc1C(=O)Cc1cccc(-c2nc3ncccc3s2)c1. The summed E-state index contributed by atoms with van der Waals surface area (Å²) in [7, 11) is 1.59. The number of pyridine rings is 1. The second kappa shape index (κ2) is 7.29. The van der Waals surface area contributed by atoms with E-state index in [1.807, 2.05) is 61.5 Å². The molecule has 4 rings (SSSR count). The van der Waals surface area contributed by atoms with Crippen molar-refractivity contribution in [3.8, 4) is 16.3 Å². The van der Waals surface area contributed by atoms with Crippen molar-refractivity contribution < 1.29 is 9.53 Å². The molecule has 27 heavy (non-hydrogen) atoms. The van der Waals surface area contributed by atoms with Crippen molar-refractivity contribution in [2.45, 2.75) is 13.3 Å². The van der Waals surface area contributed by atoms with Crippen molar-refractivity contribution >= 4 is 27.5 Å². The molecular formula is C22H18N2O2S. The van der Waals surface area contributed by atoms with Gasteiger partial charge in [-0.15, -0.1) is 11.3 Å². The van der Waals surface area contributed by atoms with E-state index in [9.17, 15) is 4.79 Å². The van der Waals surface area contributed by atoms with Crippen LogP contribution in [0.3, 0.4) is 0 Å². The van der Waals surface area contributed by atoms with Gasteiger partial charge in [0.05, 0.1) is 17.4 Å². The number of carbonyl (C=O) groups excluding carboxylic acids is 1. The van der Waals surface area contributed by atoms with Gasteiger partial charge in [-0.25, -0.2) is 9.97 Å². The number of hydrogen-bond acceptors (Lipinski definition) is 5. The number of thiazole rings is 1. The zero-order valence-corrected chi connectivity index (χ0v) is 15.9. The van der Waals surface area contributed by atoms with Crippen LogP contribution in [0.2, 0.25) is 0 Å². The predicted molar refractivity (Wildman–Crippen MR) is 109 cm³/mol. The highest BCUT2D eigenvalue weighted by atomic mass is 32.1. The van der Waals surface area contributed by atoms with Gasteiger partial charge in [-0.05, 0) is 48.4 Å². The Morgan fingerprint density at radius 3 is 2.81 bits per heavy atom. The molecule has 4 nitrogen and oxygen atoms in total. The zero-order chi connectivity index (χ0) is 18.8. The molecule has 0 saturated carbocycles. The Hall–Kier alpha value is -3.05. The van der Waals surface area contributed by atoms with Crippen molar-refractivity contribution in [1.29, 1.82) is 0 Å². The van der Waals surface area contributed by atoms with Crippen LogP contribution in [-0.2, 0) is 6.42 Å². The third kappa shape index (κ3) is 3.59. The van der Waals surface area contributed by atoms with Crippen molar-refractivity contribution in [1.82, 2.24) is 9.97 Å². The van der Waals surface area contributed by atoms with Gasteiger partial charge in [0.1, 0.15) is 10.8 Å². The first-order valence-electron chi connectivity index (χ1n) is 8.63. The molecule has 0 bridgehead atoms. The van der Waals surface area contributed by atoms with Crippen LogP contribution < -0.4 is 4.74 Å². The Bertz CT molecular complexity index is 1100. The van der Waals surface area contributed by atoms with Crippen LogP contribution in [0.15, 0.2) is 60.8 Å². The number of aryl methyl sites for hydroxylation is 1. The van der Waals surface area contributed by atoms with Gasteiger partial charge in [0.15, 0.2) is 11.4 Å². The number of methoxy groups -OCH3 is 1. The summed E-state index contributed by atoms with van der Waals surface area (Å²) in [5.41, 5.74) is 4.38. The van der Waals surface area contributed by atoms with Gasteiger partial charge in [-0.2, -0.15) is 0 Å². The molecule has 0 fully saturated rings. The summed E-state index contributed by atoms with van der Waals surface area (Å²) < 4.78 is 6.43. The van der Waals surface area contributed by atoms with Gasteiger partial charge in [0.2, 0.25) is 0 Å². The number of hydrogen-bond donors (Lipinski definition) is 0. The summed E-state index contributed by atoms with van der Waals surface area (Å²) >= 11 is 1.60. The van der Waals surface area contributed by atoms with Gasteiger partial charge in [0, 0.05) is 18.2 Å². The lowest BCUT2D eigenvalue weighted by Crippen LogP contribution is -2.06. The third-order valence-corrected chi connectivity index (χ3v) is 5.42. The number of ketones is 1. The van der Waals surface area contributed by atoms with Crippen LogP contribution in [0.5, 0.6) is 5.75 Å². The molecule has 0 aliphatic rings. The molecule has 0 unspecified atom stereocenters. The first kappa shape index (κ1) is 17.4. The van der Waals surface area contributed by atoms with Gasteiger partial charge in [-0.1, -0.05) is 24.3 Å². The molecule has 4 aromatic rings. The van der Waals surface area contributed by atoms with E-state index in [-0.39, 0.29) is 5.78 Å². The lowest BCUT2D eigenvalue weighted by molar-refractivity contribution is 0.0990. The van der Waals surface area contributed by atoms with Crippen molar-refractivity contribution in [3.63, 3.8) is 0 Å². The molecule has 0 N–H and O–H groups in total. The van der Waals surface area contributed by atoms with Gasteiger partial charge >= 0.3 is 0 Å². The lowest BCUT2D eigenvalue weighted by Gasteiger charge is -2.09. The summed E-state index contributed by atoms with van der Waals surface area (Å²) in [5, 5.41) is 0.908. The fraction of sp³-hybridized carbons (Fsp3) is 0.136. The highest BCUT2D eigenvalue weighted by molar-refractivity contribution is 7.21. The smallest absolute Gasteiger partial charge is 0.170 e. The maximum absolute atomic E-state index is 12.8. The maximum atomic E-state index is 12.8. The van der Waals surface area contributed by atoms with Crippen molar-refractivity contribution in [2.24, 2.45) is 0 Å². The molecule has 2 aromatic heterocycles. The molecule has 0 aliphatic carbocycles. The molecular weight excluding hydrogens is 356 g/mol. The summed E-state index contributed by atoms with van der Waals surface area (Å²) in [6, 6.07) is 17.5. The number of benzene rings is 2. The van der Waals surface area contributed by atoms with Crippen LogP contribution in [-0.4, -0.2) is 22.9 Å². The zero-order valence-electron chi connectivity index (χ0n) is 15.1. The van der Waals surface area contributed by atoms with Crippen LogP contribution in [0.4, 0.5) is 0 Å². The van der Waals surface area contributed by atoms with Crippen molar-refractivity contribution in [3.05, 3.63) is 77.5 Å². The summed E-state index contributed by atoms with van der Waals surface area (Å²) in [4.78, 5) is 21.7. The van der Waals surface area contributed by atoms with Crippen LogP contribution >= 0.6 is 11.3 Å². The van der Waals surface area contributed by atoms with E-state index in [0.717, 1.165) is 32.0 Å². The van der Waals surface area contributed by atoms with Gasteiger partial charge < -0.3 is 4.74 Å². The fourth-order valence-electron chi connectivity index (χ4n) is 3.02. The Morgan fingerprint density at radius 2 is 2.00 bits per heavy atom. The number of rotatable bonds is 5. The normalized spacial score (nSPS) is 10.9. The molecule has 2 aromatic carbocycles. The third-order valence-electron chi connectivity index (χ3n) is 4.36. The molecule has 0 aliphatic heterocycles. The average molecular weight is 374 g/mol. The summed E-state index contributed by atoms with van der Waals surface area (Å²) in [5.74, 6) is 0.656. The minimum Gasteiger partial charge on any atom is -0.496 e. The van der Waals surface area contributed by atoms with E-state index in [1.165, 1.54) is 0 Å². The van der Waals surface area contributed by atoms with E-state index in [2.05, 4.69) is 9.97 Å². The minimum absolute atomic E-state index is 0.0370. The molecule has 5 heteroatoms. The second-order valence-corrected chi connectivity index (χ2v) is 7.38. The maximum Gasteiger partial charge on any atom is 0.170 e. The molecule has 0 amide bonds. The van der Waals surface area contributed by atoms with Crippen molar-refractivity contribution in [2.75, 3.05) is 7.11 Å². The van der Waals surface area contributed by atoms with E-state index in [4.69, 9.17) is 4.74 Å². The number of fused-ring (bicyclic) bond motifs is 1. The van der Waals surface area contributed by atoms with Gasteiger partial charge in [0.25, 0.3) is 0 Å². The number of nitrogens with zero attached hydrogens (tertiary/aromatic N) is 2. The molecule has 0 atom stereocenters. The monoisotopic (exact) mass is 374 g/mol. The number of ether oxygens (including phenoxy) is 1. The first-order valence-corrected chi connectivity index (χ1v) is 9.44. The Morgan fingerprint density at radius 1 is 1.11 bits per heavy atom. The topological polar surface area (TPSA) is 52.1 Å². The molecule has 0 spiro atoms. The number of Topliss-reactive ketones (excluding diaryl/α,β-unsaturated/α-hetero) is 1. The molecule has 2 heterocycles. The summed E-state index contributed by atoms with van der Waals surface area (Å²) in [6.45, 7) is 1.98. The quantitative estimate of drug-likeness (QED) is 0.456. The number of carbonyl (C=O) groups is 1. The molecule has 0 saturated heterocycles. The standard InChI is InChI=1S/C22H18N2O2S/c1-14-8-9-17(19(11-14)26-2)18(25)13-15-5-3-6-16(12-15)22-24-21-20(27-22)7-4-10-23-21/h3-12H,13H2,1-2H3. The largest absolute Gasteiger partial charge is 0.496 e. The fourth-order valence-corrected chi connectivity index (χ4v) is 3.94. The van der Waals surface area contributed by atoms with Gasteiger partial charge in [-0.3, -0.25) is 4.79 Å². The lowest BCUT2D eigenvalue weighted by atomic mass is 10.00. The average Bonchev–Trinajstić information content (AvgIpc) is 3.12. The highest BCUT2D eigenvalue weighted by Gasteiger charge is 2.14. The minimum atomic E-state index is 0.0370. The first-order chi connectivity index (χ1) is 13.1. The molecule has 134 valence electrons. The van der Waals surface area contributed by atoms with Crippen LogP contribution in [0.25, 0.3) is 20.9 Å². The van der Waals surface area contributed by atoms with Crippen LogP contribution in [0, 0.1) is 6.92 Å². The Kier molecular flexibility index (Phi) is 4.69. The Labute approximate surface area is 161 Å². The highest BCUT2D eigenvalue weighted by Crippen LogP contribution is 2.30.